The zero-order valence-corrected chi connectivity index (χ0v) is 14.1. The predicted octanol–water partition coefficient (Wildman–Crippen LogP) is 3.38. The van der Waals surface area contributed by atoms with Gasteiger partial charge in [0.05, 0.1) is 5.60 Å². The van der Waals surface area contributed by atoms with Crippen LogP contribution in [0.5, 0.6) is 0 Å². The first-order valence-corrected chi connectivity index (χ1v) is 9.47. The molecule has 1 aromatic carbocycles. The van der Waals surface area contributed by atoms with Crippen molar-refractivity contribution in [3.05, 3.63) is 29.8 Å². The first-order valence-electron chi connectivity index (χ1n) is 9.47. The lowest BCUT2D eigenvalue weighted by atomic mass is 9.74. The highest BCUT2D eigenvalue weighted by molar-refractivity contribution is 5.43. The van der Waals surface area contributed by atoms with Gasteiger partial charge in [0.25, 0.3) is 0 Å². The third-order valence-corrected chi connectivity index (χ3v) is 6.66. The van der Waals surface area contributed by atoms with Crippen LogP contribution in [0.3, 0.4) is 0 Å². The molecular formula is C20H30N2O. The summed E-state index contributed by atoms with van der Waals surface area (Å²) in [5.74, 6) is 1.62. The third kappa shape index (κ3) is 2.78. The summed E-state index contributed by atoms with van der Waals surface area (Å²) in [5.41, 5.74) is 7.12. The van der Waals surface area contributed by atoms with E-state index in [1.165, 1.54) is 38.6 Å². The maximum absolute atomic E-state index is 11.5. The minimum Gasteiger partial charge on any atom is -0.399 e. The molecule has 3 N–H and O–H groups in total. The van der Waals surface area contributed by atoms with Gasteiger partial charge in [0.1, 0.15) is 0 Å². The minimum atomic E-state index is -0.654. The molecule has 2 atom stereocenters. The topological polar surface area (TPSA) is 49.5 Å². The van der Waals surface area contributed by atoms with E-state index in [0.29, 0.717) is 11.8 Å². The van der Waals surface area contributed by atoms with Crippen molar-refractivity contribution in [1.29, 1.82) is 0 Å². The van der Waals surface area contributed by atoms with Gasteiger partial charge in [-0.25, -0.2) is 0 Å². The number of rotatable bonds is 3. The van der Waals surface area contributed by atoms with Crippen molar-refractivity contribution >= 4 is 5.69 Å². The highest BCUT2D eigenvalue weighted by Gasteiger charge is 2.53. The molecule has 2 saturated carbocycles. The lowest BCUT2D eigenvalue weighted by molar-refractivity contribution is -0.0925. The van der Waals surface area contributed by atoms with Gasteiger partial charge >= 0.3 is 0 Å². The van der Waals surface area contributed by atoms with Crippen molar-refractivity contribution in [3.8, 4) is 0 Å². The number of likely N-dealkylation sites (tertiary alicyclic amines) is 1. The van der Waals surface area contributed by atoms with E-state index in [4.69, 9.17) is 5.73 Å². The second kappa shape index (κ2) is 6.10. The number of nitrogen functional groups attached to an aromatic ring is 1. The molecule has 1 aliphatic heterocycles. The molecule has 0 spiro atoms. The molecule has 3 nitrogen and oxygen atoms in total. The normalized spacial score (nSPS) is 35.5. The van der Waals surface area contributed by atoms with Gasteiger partial charge in [-0.05, 0) is 49.3 Å². The van der Waals surface area contributed by atoms with Gasteiger partial charge in [-0.3, -0.25) is 0 Å². The molecule has 1 saturated heterocycles. The monoisotopic (exact) mass is 314 g/mol. The molecule has 1 aromatic rings. The van der Waals surface area contributed by atoms with Crippen LogP contribution in [-0.2, 0) is 5.60 Å². The molecule has 3 aliphatic rings. The van der Waals surface area contributed by atoms with Crippen LogP contribution in [0.15, 0.2) is 24.3 Å². The van der Waals surface area contributed by atoms with Gasteiger partial charge < -0.3 is 15.7 Å². The van der Waals surface area contributed by atoms with E-state index in [2.05, 4.69) is 11.0 Å². The Bertz CT molecular complexity index is 538. The van der Waals surface area contributed by atoms with E-state index in [0.717, 1.165) is 43.1 Å². The first-order chi connectivity index (χ1) is 11.2. The number of hydrogen-bond donors (Lipinski definition) is 2. The average Bonchev–Trinajstić information content (AvgIpc) is 2.74. The summed E-state index contributed by atoms with van der Waals surface area (Å²) in [6.45, 7) is 3.36. The molecule has 4 rings (SSSR count). The fraction of sp³-hybridized carbons (Fsp3) is 0.700. The summed E-state index contributed by atoms with van der Waals surface area (Å²) in [5, 5.41) is 11.5. The standard InChI is InChI=1S/C20H30N2O/c21-19-8-4-7-16(11-19)20(23)17-9-10-18(20)14-22(13-17)12-15-5-2-1-3-6-15/h4,7-8,11,15,17-18,23H,1-3,5-6,9-10,12-14,21H2. The van der Waals surface area contributed by atoms with Crippen LogP contribution in [0, 0.1) is 17.8 Å². The molecule has 0 radical (unpaired) electrons. The average molecular weight is 314 g/mol. The molecule has 1 heterocycles. The maximum Gasteiger partial charge on any atom is 0.0977 e. The number of benzene rings is 1. The zero-order chi connectivity index (χ0) is 15.9. The van der Waals surface area contributed by atoms with Gasteiger partial charge in [-0.1, -0.05) is 31.4 Å². The van der Waals surface area contributed by atoms with Crippen molar-refractivity contribution in [2.45, 2.75) is 50.5 Å². The highest BCUT2D eigenvalue weighted by Crippen LogP contribution is 2.51. The van der Waals surface area contributed by atoms with Gasteiger partial charge in [-0.2, -0.15) is 0 Å². The minimum absolute atomic E-state index is 0.367. The number of anilines is 1. The fourth-order valence-electron chi connectivity index (χ4n) is 5.48. The van der Waals surface area contributed by atoms with E-state index in [1.54, 1.807) is 0 Å². The van der Waals surface area contributed by atoms with E-state index in [1.807, 2.05) is 18.2 Å². The van der Waals surface area contributed by atoms with Crippen LogP contribution in [-0.4, -0.2) is 29.6 Å². The molecule has 126 valence electrons. The quantitative estimate of drug-likeness (QED) is 0.841. The summed E-state index contributed by atoms with van der Waals surface area (Å²) in [6, 6.07) is 7.95. The summed E-state index contributed by atoms with van der Waals surface area (Å²) >= 11 is 0. The van der Waals surface area contributed by atoms with Crippen LogP contribution >= 0.6 is 0 Å². The first kappa shape index (κ1) is 15.5. The Kier molecular flexibility index (Phi) is 4.10. The molecule has 2 unspecified atom stereocenters. The number of piperidine rings is 1. The van der Waals surface area contributed by atoms with Crippen molar-refractivity contribution in [2.75, 3.05) is 25.4 Å². The Balaban J connectivity index is 1.49. The highest BCUT2D eigenvalue weighted by atomic mass is 16.3. The lowest BCUT2D eigenvalue weighted by Gasteiger charge is -2.46. The lowest BCUT2D eigenvalue weighted by Crippen LogP contribution is -2.52. The Hall–Kier alpha value is -1.06. The van der Waals surface area contributed by atoms with Crippen LogP contribution in [0.4, 0.5) is 5.69 Å². The Morgan fingerprint density at radius 3 is 2.39 bits per heavy atom. The Morgan fingerprint density at radius 2 is 1.74 bits per heavy atom. The van der Waals surface area contributed by atoms with Gasteiger partial charge in [-0.15, -0.1) is 0 Å². The van der Waals surface area contributed by atoms with Gasteiger partial charge in [0, 0.05) is 37.2 Å². The van der Waals surface area contributed by atoms with E-state index >= 15 is 0 Å². The van der Waals surface area contributed by atoms with Crippen LogP contribution in [0.2, 0.25) is 0 Å². The molecule has 2 bridgehead atoms. The van der Waals surface area contributed by atoms with Crippen LogP contribution in [0.1, 0.15) is 50.5 Å². The summed E-state index contributed by atoms with van der Waals surface area (Å²) in [4.78, 5) is 2.65. The van der Waals surface area contributed by atoms with Crippen LogP contribution < -0.4 is 5.73 Å². The van der Waals surface area contributed by atoms with Gasteiger partial charge in [0.2, 0.25) is 0 Å². The van der Waals surface area contributed by atoms with E-state index < -0.39 is 5.60 Å². The van der Waals surface area contributed by atoms with Crippen molar-refractivity contribution in [1.82, 2.24) is 4.90 Å². The molecule has 23 heavy (non-hydrogen) atoms. The molecule has 2 aliphatic carbocycles. The Labute approximate surface area is 139 Å². The number of hydrogen-bond acceptors (Lipinski definition) is 3. The van der Waals surface area contributed by atoms with Crippen molar-refractivity contribution in [2.24, 2.45) is 17.8 Å². The number of fused-ring (bicyclic) bond motifs is 2. The second-order valence-corrected chi connectivity index (χ2v) is 8.14. The Morgan fingerprint density at radius 1 is 1.04 bits per heavy atom. The SMILES string of the molecule is Nc1cccc(C2(O)C3CCC2CN(CC2CCCCC2)C3)c1. The molecular weight excluding hydrogens is 284 g/mol. The summed E-state index contributed by atoms with van der Waals surface area (Å²) < 4.78 is 0. The molecule has 0 aromatic heterocycles. The molecule has 3 fully saturated rings. The zero-order valence-electron chi connectivity index (χ0n) is 14.1. The molecule has 3 heteroatoms. The summed E-state index contributed by atoms with van der Waals surface area (Å²) in [7, 11) is 0. The van der Waals surface area contributed by atoms with E-state index in [9.17, 15) is 5.11 Å². The van der Waals surface area contributed by atoms with Gasteiger partial charge in [0.15, 0.2) is 0 Å². The maximum atomic E-state index is 11.5. The van der Waals surface area contributed by atoms with Crippen molar-refractivity contribution in [3.63, 3.8) is 0 Å². The number of aliphatic hydroxyl groups is 1. The predicted molar refractivity (Wildman–Crippen MR) is 94.0 cm³/mol. The smallest absolute Gasteiger partial charge is 0.0977 e. The van der Waals surface area contributed by atoms with E-state index in [-0.39, 0.29) is 0 Å². The third-order valence-electron chi connectivity index (χ3n) is 6.66. The number of nitrogens with zero attached hydrogens (tertiary/aromatic N) is 1. The fourth-order valence-corrected chi connectivity index (χ4v) is 5.48. The molecule has 0 amide bonds. The van der Waals surface area contributed by atoms with Crippen LogP contribution in [0.25, 0.3) is 0 Å². The second-order valence-electron chi connectivity index (χ2n) is 8.14. The number of nitrogens with two attached hydrogens (primary N) is 1. The summed E-state index contributed by atoms with van der Waals surface area (Å²) in [6.07, 6.45) is 9.37. The largest absolute Gasteiger partial charge is 0.399 e. The van der Waals surface area contributed by atoms with Crippen molar-refractivity contribution < 1.29 is 5.11 Å².